The van der Waals surface area contributed by atoms with Crippen molar-refractivity contribution in [1.82, 2.24) is 30.2 Å². The van der Waals surface area contributed by atoms with Crippen LogP contribution in [0.15, 0.2) is 77.4 Å². The number of benzene rings is 2. The fourth-order valence-corrected chi connectivity index (χ4v) is 4.02. The first-order valence-electron chi connectivity index (χ1n) is 11.8. The van der Waals surface area contributed by atoms with Crippen LogP contribution in [0.25, 0.3) is 16.9 Å². The van der Waals surface area contributed by atoms with Crippen molar-refractivity contribution in [3.05, 3.63) is 107 Å². The number of para-hydroxylation sites is 1. The Labute approximate surface area is 226 Å². The molecule has 39 heavy (non-hydrogen) atoms. The summed E-state index contributed by atoms with van der Waals surface area (Å²) in [5, 5.41) is 13.5. The molecule has 196 valence electrons. The molecule has 0 aliphatic rings. The fraction of sp³-hybridized carbons (Fsp3) is 0.111. The highest BCUT2D eigenvalue weighted by Gasteiger charge is 2.21. The molecule has 2 aromatic carbocycles. The third-order valence-electron chi connectivity index (χ3n) is 5.62. The molecule has 0 saturated heterocycles. The van der Waals surface area contributed by atoms with Gasteiger partial charge in [0.1, 0.15) is 11.6 Å². The lowest BCUT2D eigenvalue weighted by Crippen LogP contribution is -2.26. The molecule has 0 bridgehead atoms. The van der Waals surface area contributed by atoms with Crippen molar-refractivity contribution in [3.8, 4) is 16.9 Å². The summed E-state index contributed by atoms with van der Waals surface area (Å²) in [4.78, 5) is 34.4. The molecule has 5 aromatic rings. The molecular formula is C27H21ClFN7O3. The second-order valence-corrected chi connectivity index (χ2v) is 8.79. The Morgan fingerprint density at radius 2 is 1.85 bits per heavy atom. The Morgan fingerprint density at radius 3 is 2.56 bits per heavy atom. The van der Waals surface area contributed by atoms with Crippen LogP contribution < -0.4 is 10.6 Å². The van der Waals surface area contributed by atoms with Crippen LogP contribution in [0, 0.1) is 12.7 Å². The van der Waals surface area contributed by atoms with Crippen molar-refractivity contribution in [3.63, 3.8) is 0 Å². The first kappa shape index (κ1) is 25.7. The molecule has 3 heterocycles. The molecule has 2 amide bonds. The van der Waals surface area contributed by atoms with Crippen LogP contribution in [0.1, 0.15) is 32.6 Å². The highest BCUT2D eigenvalue weighted by molar-refractivity contribution is 6.34. The Balaban J connectivity index is 1.41. The first-order valence-corrected chi connectivity index (χ1v) is 12.2. The van der Waals surface area contributed by atoms with Gasteiger partial charge >= 0.3 is 0 Å². The van der Waals surface area contributed by atoms with Gasteiger partial charge in [0.05, 0.1) is 22.0 Å². The van der Waals surface area contributed by atoms with Crippen LogP contribution in [0.2, 0.25) is 5.02 Å². The van der Waals surface area contributed by atoms with E-state index in [0.717, 1.165) is 6.07 Å². The van der Waals surface area contributed by atoms with Crippen LogP contribution in [0.4, 0.5) is 10.2 Å². The molecule has 0 unspecified atom stereocenters. The molecule has 10 nitrogen and oxygen atoms in total. The maximum atomic E-state index is 14.7. The van der Waals surface area contributed by atoms with Gasteiger partial charge in [-0.25, -0.2) is 9.07 Å². The number of aromatic nitrogens is 5. The van der Waals surface area contributed by atoms with Crippen molar-refractivity contribution in [2.45, 2.75) is 13.3 Å². The van der Waals surface area contributed by atoms with Crippen molar-refractivity contribution < 1.29 is 18.5 Å². The van der Waals surface area contributed by atoms with Crippen LogP contribution in [-0.4, -0.2) is 43.3 Å². The number of nitrogens with one attached hydrogen (secondary N) is 2. The van der Waals surface area contributed by atoms with E-state index < -0.39 is 17.6 Å². The molecule has 0 saturated carbocycles. The van der Waals surface area contributed by atoms with Gasteiger partial charge in [-0.15, -0.1) is 0 Å². The van der Waals surface area contributed by atoms with E-state index in [-0.39, 0.29) is 34.2 Å². The first-order chi connectivity index (χ1) is 18.9. The van der Waals surface area contributed by atoms with Gasteiger partial charge in [-0.1, -0.05) is 41.0 Å². The van der Waals surface area contributed by atoms with Crippen molar-refractivity contribution in [1.29, 1.82) is 0 Å². The highest BCUT2D eigenvalue weighted by Crippen LogP contribution is 2.28. The van der Waals surface area contributed by atoms with E-state index in [1.807, 2.05) is 6.07 Å². The number of amides is 2. The molecule has 0 radical (unpaired) electrons. The average Bonchev–Trinajstić information content (AvgIpc) is 3.55. The smallest absolute Gasteiger partial charge is 0.271 e. The molecule has 3 aromatic heterocycles. The molecule has 0 atom stereocenters. The van der Waals surface area contributed by atoms with E-state index in [1.165, 1.54) is 23.0 Å². The van der Waals surface area contributed by atoms with Crippen LogP contribution in [0.5, 0.6) is 0 Å². The van der Waals surface area contributed by atoms with E-state index in [4.69, 9.17) is 16.1 Å². The highest BCUT2D eigenvalue weighted by atomic mass is 35.5. The number of nitrogens with zero attached hydrogens (tertiary/aromatic N) is 5. The number of pyridine rings is 1. The molecule has 12 heteroatoms. The minimum atomic E-state index is -0.618. The molecule has 2 N–H and O–H groups in total. The molecule has 0 aliphatic carbocycles. The van der Waals surface area contributed by atoms with Gasteiger partial charge in [0, 0.05) is 30.8 Å². The number of carbonyl (C=O) groups is 2. The predicted octanol–water partition coefficient (Wildman–Crippen LogP) is 4.64. The third kappa shape index (κ3) is 5.83. The monoisotopic (exact) mass is 545 g/mol. The Hall–Kier alpha value is -4.90. The summed E-state index contributed by atoms with van der Waals surface area (Å²) in [6.45, 7) is 1.94. The van der Waals surface area contributed by atoms with E-state index in [0.29, 0.717) is 29.5 Å². The van der Waals surface area contributed by atoms with Crippen molar-refractivity contribution in [2.75, 3.05) is 11.9 Å². The fourth-order valence-electron chi connectivity index (χ4n) is 3.79. The lowest BCUT2D eigenvalue weighted by atomic mass is 10.1. The number of hydrogen-bond donors (Lipinski definition) is 2. The summed E-state index contributed by atoms with van der Waals surface area (Å²) in [5.74, 6) is -0.576. The second kappa shape index (κ2) is 11.2. The second-order valence-electron chi connectivity index (χ2n) is 8.38. The van der Waals surface area contributed by atoms with Gasteiger partial charge in [-0.05, 0) is 43.3 Å². The summed E-state index contributed by atoms with van der Waals surface area (Å²) >= 11 is 6.25. The van der Waals surface area contributed by atoms with Gasteiger partial charge in [0.15, 0.2) is 11.5 Å². The number of halogens is 2. The minimum Gasteiger partial charge on any atom is -0.350 e. The largest absolute Gasteiger partial charge is 0.350 e. The van der Waals surface area contributed by atoms with E-state index in [1.54, 1.807) is 49.4 Å². The summed E-state index contributed by atoms with van der Waals surface area (Å²) in [5.41, 5.74) is 1.17. The maximum Gasteiger partial charge on any atom is 0.271 e. The number of anilines is 1. The van der Waals surface area contributed by atoms with E-state index >= 15 is 0 Å². The SMILES string of the molecule is Cc1noc(CCNC(=O)c2cc(NC(=O)c3cc(-c4ccccn4)c(F)cc3Cl)n(-c3ccccc3)n2)n1. The molecule has 0 fully saturated rings. The van der Waals surface area contributed by atoms with Crippen molar-refractivity contribution >= 4 is 29.2 Å². The quantitative estimate of drug-likeness (QED) is 0.290. The zero-order chi connectivity index (χ0) is 27.4. The zero-order valence-electron chi connectivity index (χ0n) is 20.6. The van der Waals surface area contributed by atoms with Gasteiger partial charge in [0.25, 0.3) is 11.8 Å². The summed E-state index contributed by atoms with van der Waals surface area (Å²) in [7, 11) is 0. The normalized spacial score (nSPS) is 10.8. The maximum absolute atomic E-state index is 14.7. The molecule has 5 rings (SSSR count). The topological polar surface area (TPSA) is 128 Å². The lowest BCUT2D eigenvalue weighted by molar-refractivity contribution is 0.0947. The van der Waals surface area contributed by atoms with Gasteiger partial charge in [-0.3, -0.25) is 14.6 Å². The van der Waals surface area contributed by atoms with E-state index in [9.17, 15) is 14.0 Å². The summed E-state index contributed by atoms with van der Waals surface area (Å²) < 4.78 is 21.1. The molecule has 0 aliphatic heterocycles. The Kier molecular flexibility index (Phi) is 7.41. The van der Waals surface area contributed by atoms with Crippen LogP contribution in [0.3, 0.4) is 0 Å². The lowest BCUT2D eigenvalue weighted by Gasteiger charge is -2.11. The van der Waals surface area contributed by atoms with Crippen molar-refractivity contribution in [2.24, 2.45) is 0 Å². The van der Waals surface area contributed by atoms with Crippen LogP contribution >= 0.6 is 11.6 Å². The molecular weight excluding hydrogens is 525 g/mol. The number of rotatable bonds is 8. The Bertz CT molecular complexity index is 1640. The summed E-state index contributed by atoms with van der Waals surface area (Å²) in [6, 6.07) is 17.9. The minimum absolute atomic E-state index is 0.0281. The summed E-state index contributed by atoms with van der Waals surface area (Å²) in [6.07, 6.45) is 1.87. The van der Waals surface area contributed by atoms with Crippen LogP contribution in [-0.2, 0) is 6.42 Å². The average molecular weight is 546 g/mol. The van der Waals surface area contributed by atoms with Gasteiger partial charge in [0.2, 0.25) is 5.89 Å². The zero-order valence-corrected chi connectivity index (χ0v) is 21.3. The Morgan fingerprint density at radius 1 is 1.05 bits per heavy atom. The number of carbonyl (C=O) groups excluding carboxylic acids is 2. The standard InChI is InChI=1S/C27H21ClFN7O3/c1-16-32-25(39-35-16)10-12-31-27(38)23-15-24(36(34-23)17-7-3-2-4-8-17)33-26(37)18-13-19(21(29)14-20(18)28)22-9-5-6-11-30-22/h2-9,11,13-15H,10,12H2,1H3,(H,31,38)(H,33,37). The predicted molar refractivity (Wildman–Crippen MR) is 141 cm³/mol. The third-order valence-corrected chi connectivity index (χ3v) is 5.93. The van der Waals surface area contributed by atoms with Gasteiger partial charge in [-0.2, -0.15) is 10.1 Å². The number of hydrogen-bond acceptors (Lipinski definition) is 7. The number of aryl methyl sites for hydroxylation is 1. The molecule has 0 spiro atoms. The van der Waals surface area contributed by atoms with Gasteiger partial charge < -0.3 is 15.2 Å². The van der Waals surface area contributed by atoms with E-state index in [2.05, 4.69) is 30.9 Å².